The average Bonchev–Trinajstić information content (AvgIpc) is 2.77. The van der Waals surface area contributed by atoms with Crippen molar-refractivity contribution in [2.24, 2.45) is 17.6 Å². The zero-order valence-electron chi connectivity index (χ0n) is 20.6. The van der Waals surface area contributed by atoms with Gasteiger partial charge < -0.3 is 31.1 Å². The van der Waals surface area contributed by atoms with Gasteiger partial charge in [0.15, 0.2) is 11.4 Å². The van der Waals surface area contributed by atoms with Crippen LogP contribution in [0.5, 0.6) is 5.75 Å². The molecular formula is C24H28I2N4O7. The highest BCUT2D eigenvalue weighted by atomic mass is 127. The first kappa shape index (κ1) is 28.1. The van der Waals surface area contributed by atoms with E-state index in [-0.39, 0.29) is 29.7 Å². The molecule has 1 aromatic carbocycles. The van der Waals surface area contributed by atoms with Gasteiger partial charge in [-0.25, -0.2) is 0 Å². The van der Waals surface area contributed by atoms with Crippen LogP contribution in [-0.4, -0.2) is 84.0 Å². The third-order valence-corrected chi connectivity index (χ3v) is 8.23. The summed E-state index contributed by atoms with van der Waals surface area (Å²) in [5, 5.41) is 45.1. The molecule has 13 heteroatoms. The van der Waals surface area contributed by atoms with Gasteiger partial charge in [0, 0.05) is 89.1 Å². The highest BCUT2D eigenvalue weighted by molar-refractivity contribution is 14.2. The summed E-state index contributed by atoms with van der Waals surface area (Å²) in [5.41, 5.74) is 3.56. The van der Waals surface area contributed by atoms with Gasteiger partial charge in [0.1, 0.15) is 22.8 Å². The van der Waals surface area contributed by atoms with E-state index in [0.717, 1.165) is 5.69 Å². The summed E-state index contributed by atoms with van der Waals surface area (Å²) < 4.78 is 1.78. The normalized spacial score (nSPS) is 27.4. The smallest absolute Gasteiger partial charge is 0.255 e. The van der Waals surface area contributed by atoms with Crippen LogP contribution >= 0.6 is 45.7 Å². The van der Waals surface area contributed by atoms with Crippen molar-refractivity contribution in [1.29, 1.82) is 0 Å². The maximum Gasteiger partial charge on any atom is 0.255 e. The molecule has 4 rings (SSSR count). The largest absolute Gasteiger partial charge is 0.510 e. The van der Waals surface area contributed by atoms with Gasteiger partial charge >= 0.3 is 0 Å². The van der Waals surface area contributed by atoms with Gasteiger partial charge in [0.25, 0.3) is 5.91 Å². The van der Waals surface area contributed by atoms with Crippen molar-refractivity contribution in [3.63, 3.8) is 0 Å². The number of fused-ring (bicyclic) bond motifs is 3. The number of rotatable bonds is 5. The van der Waals surface area contributed by atoms with Crippen molar-refractivity contribution in [2.75, 3.05) is 33.1 Å². The molecule has 0 aromatic heterocycles. The maximum atomic E-state index is 13.9. The van der Waals surface area contributed by atoms with E-state index in [1.165, 1.54) is 4.90 Å². The number of aliphatic hydroxyl groups is 3. The molecule has 0 bridgehead atoms. The van der Waals surface area contributed by atoms with Gasteiger partial charge in [0.05, 0.1) is 11.6 Å². The average molecular weight is 738 g/mol. The number of benzene rings is 1. The summed E-state index contributed by atoms with van der Waals surface area (Å²) in [5.74, 6) is -6.54. The van der Waals surface area contributed by atoms with Crippen molar-refractivity contribution in [3.05, 3.63) is 45.4 Å². The first-order chi connectivity index (χ1) is 17.1. The zero-order chi connectivity index (χ0) is 27.7. The van der Waals surface area contributed by atoms with Crippen LogP contribution in [-0.2, 0) is 22.6 Å². The van der Waals surface area contributed by atoms with Gasteiger partial charge in [-0.1, -0.05) is 0 Å². The third-order valence-electron chi connectivity index (χ3n) is 7.55. The number of Topliss-reactive ketones (excluding diaryl/α,β-unsaturated/α-hetero) is 2. The number of primary amides is 1. The Morgan fingerprint density at radius 3 is 2.30 bits per heavy atom. The number of nitrogens with zero attached hydrogens (tertiary/aromatic N) is 3. The number of carbonyl (C=O) groups excluding carboxylic acids is 3. The lowest BCUT2D eigenvalue weighted by molar-refractivity contribution is -0.148. The van der Waals surface area contributed by atoms with Crippen molar-refractivity contribution < 1.29 is 34.8 Å². The highest BCUT2D eigenvalue weighted by Gasteiger charge is 2.63. The molecular weight excluding hydrogens is 710 g/mol. The van der Waals surface area contributed by atoms with Crippen LogP contribution in [0.3, 0.4) is 0 Å². The fraction of sp³-hybridized carbons (Fsp3) is 0.458. The van der Waals surface area contributed by atoms with Crippen molar-refractivity contribution in [3.8, 4) is 5.75 Å². The summed E-state index contributed by atoms with van der Waals surface area (Å²) in [6.07, 6.45) is 0.296. The molecule has 0 saturated carbocycles. The molecule has 1 aromatic rings. The Hall–Kier alpha value is -1.95. The van der Waals surface area contributed by atoms with Crippen molar-refractivity contribution >= 4 is 68.9 Å². The number of phenols is 1. The molecule has 4 atom stereocenters. The van der Waals surface area contributed by atoms with E-state index in [1.54, 1.807) is 15.4 Å². The monoisotopic (exact) mass is 738 g/mol. The predicted octanol–water partition coefficient (Wildman–Crippen LogP) is 1.69. The standard InChI is InChI=1S/C24H28I2N4O7/c1-28(2)13-7-10(8-30(25)26)18(31)15-11(13)5-9-6-12-17(29(3)4)20(33)16(23(27)36)22(35)24(12,37)21(34)14(9)19(15)32/h7,9,12,17,31,33-34,37H,5-6,8H2,1-4H3,(H2,27,36)/t9-,12-,17-,24-/m0/s1. The van der Waals surface area contributed by atoms with Crippen LogP contribution < -0.4 is 10.6 Å². The minimum Gasteiger partial charge on any atom is -0.510 e. The van der Waals surface area contributed by atoms with Crippen LogP contribution in [0.15, 0.2) is 28.7 Å². The van der Waals surface area contributed by atoms with Gasteiger partial charge in [-0.3, -0.25) is 19.3 Å². The SMILES string of the molecule is CN(C)c1cc(CN(I)I)c(O)c2c1C[C@H]1C[C@H]3[C@H](N(C)C)C(O)=C(C(N)=O)C(=O)[C@@]3(O)C(O)=C1C2=O. The number of halogens is 2. The van der Waals surface area contributed by atoms with Crippen LogP contribution in [0.4, 0.5) is 5.69 Å². The minimum absolute atomic E-state index is 0.0108. The Morgan fingerprint density at radius 2 is 1.78 bits per heavy atom. The van der Waals surface area contributed by atoms with Crippen LogP contribution in [0.25, 0.3) is 0 Å². The van der Waals surface area contributed by atoms with Gasteiger partial charge in [-0.05, 0) is 44.5 Å². The summed E-state index contributed by atoms with van der Waals surface area (Å²) >= 11 is 4.10. The fourth-order valence-electron chi connectivity index (χ4n) is 6.00. The van der Waals surface area contributed by atoms with E-state index >= 15 is 0 Å². The molecule has 0 spiro atoms. The zero-order valence-corrected chi connectivity index (χ0v) is 24.9. The van der Waals surface area contributed by atoms with E-state index in [0.29, 0.717) is 17.7 Å². The number of phenolic OH excluding ortho intramolecular Hbond substituents is 1. The van der Waals surface area contributed by atoms with Crippen molar-refractivity contribution in [1.82, 2.24) is 6.23 Å². The number of allylic oxidation sites excluding steroid dienone is 1. The first-order valence-electron chi connectivity index (χ1n) is 11.4. The lowest BCUT2D eigenvalue weighted by Crippen LogP contribution is -2.63. The molecule has 0 saturated heterocycles. The van der Waals surface area contributed by atoms with Gasteiger partial charge in [-0.15, -0.1) is 0 Å². The molecule has 3 aliphatic rings. The molecule has 0 radical (unpaired) electrons. The molecule has 1 amide bonds. The number of hydrogen-bond acceptors (Lipinski definition) is 10. The molecule has 0 aliphatic heterocycles. The second kappa shape index (κ2) is 9.66. The Balaban J connectivity index is 1.98. The summed E-state index contributed by atoms with van der Waals surface area (Å²) in [4.78, 5) is 42.7. The molecule has 6 N–H and O–H groups in total. The number of hydrogen-bond donors (Lipinski definition) is 5. The van der Waals surface area contributed by atoms with E-state index < -0.39 is 58.0 Å². The van der Waals surface area contributed by atoms with Gasteiger partial charge in [-0.2, -0.15) is 1.33 Å². The quantitative estimate of drug-likeness (QED) is 0.171. The summed E-state index contributed by atoms with van der Waals surface area (Å²) in [6.45, 7) is 0.323. The molecule has 200 valence electrons. The molecule has 0 fully saturated rings. The Bertz CT molecular complexity index is 1290. The van der Waals surface area contributed by atoms with E-state index in [1.807, 2.05) is 25.1 Å². The number of amides is 1. The number of likely N-dealkylation sites (N-methyl/N-ethyl adjacent to an activating group) is 1. The lowest BCUT2D eigenvalue weighted by Gasteiger charge is -2.50. The Kier molecular flexibility index (Phi) is 7.33. The van der Waals surface area contributed by atoms with E-state index in [2.05, 4.69) is 45.7 Å². The van der Waals surface area contributed by atoms with E-state index in [4.69, 9.17) is 5.73 Å². The molecule has 0 heterocycles. The molecule has 3 aliphatic carbocycles. The third kappa shape index (κ3) is 4.13. The first-order valence-corrected chi connectivity index (χ1v) is 13.4. The predicted molar refractivity (Wildman–Crippen MR) is 152 cm³/mol. The lowest BCUT2D eigenvalue weighted by atomic mass is 9.58. The van der Waals surface area contributed by atoms with Crippen LogP contribution in [0, 0.1) is 11.8 Å². The van der Waals surface area contributed by atoms with Crippen LogP contribution in [0.2, 0.25) is 0 Å². The number of aliphatic hydroxyl groups excluding tert-OH is 2. The second-order valence-electron chi connectivity index (χ2n) is 10.1. The number of ketones is 2. The maximum absolute atomic E-state index is 13.9. The molecule has 37 heavy (non-hydrogen) atoms. The topological polar surface area (TPSA) is 168 Å². The minimum atomic E-state index is -2.65. The van der Waals surface area contributed by atoms with Gasteiger partial charge in [0.2, 0.25) is 5.78 Å². The highest BCUT2D eigenvalue weighted by Crippen LogP contribution is 2.53. The summed E-state index contributed by atoms with van der Waals surface area (Å²) in [7, 11) is 6.84. The number of aromatic hydroxyl groups is 1. The number of carbonyl (C=O) groups is 3. The summed E-state index contributed by atoms with van der Waals surface area (Å²) in [6, 6.07) is 0.799. The molecule has 11 nitrogen and oxygen atoms in total. The van der Waals surface area contributed by atoms with Crippen LogP contribution in [0.1, 0.15) is 27.9 Å². The number of anilines is 1. The molecule has 0 unspecified atom stereocenters. The Morgan fingerprint density at radius 1 is 1.16 bits per heavy atom. The fourth-order valence-corrected chi connectivity index (χ4v) is 6.74. The van der Waals surface area contributed by atoms with E-state index in [9.17, 15) is 34.8 Å². The number of nitrogens with two attached hydrogens (primary N) is 1. The Labute approximate surface area is 241 Å². The van der Waals surface area contributed by atoms with Crippen molar-refractivity contribution in [2.45, 2.75) is 31.0 Å². The second-order valence-corrected chi connectivity index (χ2v) is 14.3.